The molecule has 1 saturated carbocycles. The normalized spacial score (nSPS) is 18.8. The molecule has 10 aliphatic rings. The standard InChI is InChI=1S/C19H21ClN4O3.2C19H25N7O3.C18H22ClN7O2.C17H20N6O2/c1-2-27-15-10-21-11-22-17(15)23-13-8-12(20)16-14(25)9-19(24(16)18(13)26)6-4-3-5-7-19;2*1-4-25-7-5-19(6-8-25)24-17(27)13-11(2)9-12(18(28)26(13)19)23-16-14(29-3)15(20)21-10-22-16;1-3-25-6-4-18(5-7-25)24-16(27)13-10(2)8-11(17(28)26(13)18)23-15-12(19)14(20)21-9-22-15;1-11-8-12(20-13-4-6-18-10-19-13)16(25)23-14(11)15(24)21-17(23)5-3-7-22(2)9-17/h8,10-11H,2-7,9H2,1H3,(H,21,22,23);2*9-10H,4-8H2,1-3H3,(H,24,27)(H3,20,21,22,23);8-9H,3-7H2,1-2H3,(H,24,27)(H3,20,21,22,23);4,6,8,10H,3,5,7,9H2,1-2H3,(H,21,24)(H,18,19,20). The largest absolute Gasteiger partial charge is 0.490 e. The van der Waals surface area contributed by atoms with Crippen LogP contribution >= 0.6 is 23.2 Å². The van der Waals surface area contributed by atoms with Gasteiger partial charge in [0.15, 0.2) is 46.4 Å². The second-order valence-electron chi connectivity index (χ2n) is 35.9. The number of hydrogen-bond acceptors (Lipinski definition) is 35. The number of methoxy groups -OCH3 is 2. The molecule has 1 unspecified atom stereocenters. The van der Waals surface area contributed by atoms with Gasteiger partial charge in [-0.15, -0.1) is 0 Å². The van der Waals surface area contributed by atoms with Crippen molar-refractivity contribution in [3.8, 4) is 17.2 Å². The Morgan fingerprint density at radius 2 is 0.797 bits per heavy atom. The molecule has 10 aromatic heterocycles. The van der Waals surface area contributed by atoms with E-state index < -0.39 is 28.2 Å². The molecule has 4 amide bonds. The van der Waals surface area contributed by atoms with Crippen molar-refractivity contribution in [1.29, 1.82) is 0 Å². The number of ketones is 1. The molecule has 1 atom stereocenters. The van der Waals surface area contributed by atoms with Crippen LogP contribution in [0.2, 0.25) is 10.0 Å². The summed E-state index contributed by atoms with van der Waals surface area (Å²) in [5.74, 6) is 2.34. The predicted molar refractivity (Wildman–Crippen MR) is 519 cm³/mol. The number of nitrogens with two attached hydrogens (primary N) is 3. The summed E-state index contributed by atoms with van der Waals surface area (Å²) in [4.78, 5) is 179. The van der Waals surface area contributed by atoms with Crippen molar-refractivity contribution >= 4 is 128 Å². The summed E-state index contributed by atoms with van der Waals surface area (Å²) >= 11 is 12.6. The van der Waals surface area contributed by atoms with Gasteiger partial charge in [-0.1, -0.05) is 63.2 Å². The third kappa shape index (κ3) is 18.2. The van der Waals surface area contributed by atoms with Gasteiger partial charge in [0.1, 0.15) is 128 Å². The number of nitrogen functional groups attached to an aromatic ring is 3. The summed E-state index contributed by atoms with van der Waals surface area (Å²) in [5.41, 5.74) is 19.3. The first-order valence-corrected chi connectivity index (χ1v) is 46.8. The highest BCUT2D eigenvalue weighted by atomic mass is 35.5. The van der Waals surface area contributed by atoms with Crippen LogP contribution in [0.25, 0.3) is 0 Å². The molecule has 9 aliphatic heterocycles. The molecule has 4 saturated heterocycles. The number of halogens is 2. The first-order chi connectivity index (χ1) is 66.2. The minimum absolute atomic E-state index is 0.0532. The molecular formula is C92H113Cl2N31O13. The molecule has 138 heavy (non-hydrogen) atoms. The molecule has 44 nitrogen and oxygen atoms in total. The van der Waals surface area contributed by atoms with Crippen LogP contribution in [0.4, 0.5) is 75.0 Å². The number of Topliss-reactive ketones (excluding diaryl/α,β-unsaturated/α-hetero) is 1. The Balaban J connectivity index is 0.000000125. The molecule has 19 heterocycles. The van der Waals surface area contributed by atoms with Crippen molar-refractivity contribution in [1.82, 2.24) is 114 Å². The Morgan fingerprint density at radius 3 is 1.22 bits per heavy atom. The number of fused-ring (bicyclic) bond motifs is 10. The van der Waals surface area contributed by atoms with E-state index in [1.165, 1.54) is 58.1 Å². The number of aromatic nitrogens is 15. The third-order valence-electron chi connectivity index (χ3n) is 27.5. The molecule has 20 rings (SSSR count). The number of hydrogen-bond donors (Lipinski definition) is 12. The predicted octanol–water partition coefficient (Wildman–Crippen LogP) is 7.52. The number of nitrogens with zero attached hydrogens (tertiary/aromatic N) is 19. The van der Waals surface area contributed by atoms with Crippen molar-refractivity contribution in [3.63, 3.8) is 0 Å². The lowest BCUT2D eigenvalue weighted by Crippen LogP contribution is -2.57. The van der Waals surface area contributed by atoms with Crippen LogP contribution in [0.15, 0.2) is 104 Å². The number of aryl methyl sites for hydroxylation is 4. The molecule has 15 N–H and O–H groups in total. The van der Waals surface area contributed by atoms with E-state index in [2.05, 4.69) is 138 Å². The summed E-state index contributed by atoms with van der Waals surface area (Å²) in [6, 6.07) is 9.87. The molecule has 1 aliphatic carbocycles. The first-order valence-electron chi connectivity index (χ1n) is 46.0. The number of anilines is 13. The van der Waals surface area contributed by atoms with E-state index in [1.807, 2.05) is 41.7 Å². The van der Waals surface area contributed by atoms with Gasteiger partial charge in [-0.3, -0.25) is 70.8 Å². The molecule has 10 aromatic rings. The highest BCUT2D eigenvalue weighted by molar-refractivity contribution is 6.35. The Bertz CT molecular complexity index is 6590. The molecule has 5 spiro atoms. The van der Waals surface area contributed by atoms with Gasteiger partial charge in [0, 0.05) is 97.0 Å². The third-order valence-corrected chi connectivity index (χ3v) is 28.1. The van der Waals surface area contributed by atoms with Gasteiger partial charge in [-0.25, -0.2) is 49.8 Å². The topological polar surface area (TPSA) is 551 Å². The smallest absolute Gasteiger partial charge is 0.276 e. The van der Waals surface area contributed by atoms with E-state index in [-0.39, 0.29) is 113 Å². The average Bonchev–Trinajstić information content (AvgIpc) is 1.61. The summed E-state index contributed by atoms with van der Waals surface area (Å²) < 4.78 is 24.2. The van der Waals surface area contributed by atoms with E-state index >= 15 is 0 Å². The number of carbonyl (C=O) groups excluding carboxylic acids is 5. The lowest BCUT2D eigenvalue weighted by Gasteiger charge is -2.40. The van der Waals surface area contributed by atoms with Gasteiger partial charge >= 0.3 is 0 Å². The molecule has 0 aromatic carbocycles. The number of nitrogens with one attached hydrogen (secondary N) is 9. The van der Waals surface area contributed by atoms with E-state index in [9.17, 15) is 47.9 Å². The molecule has 0 radical (unpaired) electrons. The van der Waals surface area contributed by atoms with Crippen LogP contribution in [0.3, 0.4) is 0 Å². The van der Waals surface area contributed by atoms with Crippen molar-refractivity contribution < 1.29 is 38.2 Å². The fourth-order valence-corrected chi connectivity index (χ4v) is 21.1. The lowest BCUT2D eigenvalue weighted by atomic mass is 9.80. The van der Waals surface area contributed by atoms with Crippen LogP contribution < -0.4 is 107 Å². The number of rotatable bonds is 17. The summed E-state index contributed by atoms with van der Waals surface area (Å²) in [6.07, 6.45) is 20.6. The number of likely N-dealkylation sites (tertiary alicyclic amines) is 4. The van der Waals surface area contributed by atoms with Gasteiger partial charge in [-0.05, 0) is 152 Å². The zero-order valence-corrected chi connectivity index (χ0v) is 80.2. The van der Waals surface area contributed by atoms with E-state index in [0.29, 0.717) is 149 Å². The van der Waals surface area contributed by atoms with E-state index in [4.69, 9.17) is 54.6 Å². The van der Waals surface area contributed by atoms with Crippen LogP contribution in [0.1, 0.15) is 192 Å². The highest BCUT2D eigenvalue weighted by Gasteiger charge is 2.52. The minimum Gasteiger partial charge on any atom is -0.490 e. The van der Waals surface area contributed by atoms with E-state index in [1.54, 1.807) is 59.4 Å². The number of ether oxygens (including phenoxy) is 3. The fraction of sp³-hybridized carbons (Fsp3) is 0.457. The summed E-state index contributed by atoms with van der Waals surface area (Å²) in [6.45, 7) is 25.2. The van der Waals surface area contributed by atoms with Gasteiger partial charge < -0.3 is 98.9 Å². The van der Waals surface area contributed by atoms with Gasteiger partial charge in [0.25, 0.3) is 51.4 Å². The maximum absolute atomic E-state index is 13.5. The van der Waals surface area contributed by atoms with Crippen molar-refractivity contribution in [2.75, 3.05) is 144 Å². The van der Waals surface area contributed by atoms with Crippen LogP contribution in [-0.2, 0) is 28.2 Å². The lowest BCUT2D eigenvalue weighted by molar-refractivity contribution is 0.0749. The Morgan fingerprint density at radius 1 is 0.413 bits per heavy atom. The minimum atomic E-state index is -0.702. The maximum Gasteiger partial charge on any atom is 0.276 e. The SMILES string of the molecule is CCN1CCC2(CC1)NC(=O)c1c(C)cc(Nc3ncnc(N)c3Cl)c(=O)n12.CCN1CCC2(CC1)NC(=O)c1c(C)cc(Nc3ncnc(N)c3OC)c(=O)n12.CCN1CCC2(CC1)NC(=O)c1c(C)cc(Nc3ncnc(N)c3OC)c(=O)n12.CCOc1cncnc1Nc1cc(Cl)c2n(c1=O)C1(CCCCC1)CC2=O.Cc1cc(Nc2ccncn2)c(=O)n2c1C(=O)NC21CCCN(C)C1. The number of carbonyl (C=O) groups is 5. The molecule has 5 fully saturated rings. The highest BCUT2D eigenvalue weighted by Crippen LogP contribution is 2.47. The Labute approximate surface area is 802 Å². The first kappa shape index (κ1) is 97.0. The Kier molecular flexibility index (Phi) is 27.8. The Hall–Kier alpha value is -14.1. The van der Waals surface area contributed by atoms with Crippen LogP contribution in [-0.4, -0.2) is 222 Å². The van der Waals surface area contributed by atoms with Crippen molar-refractivity contribution in [2.24, 2.45) is 0 Å². The second-order valence-corrected chi connectivity index (χ2v) is 36.7. The zero-order valence-electron chi connectivity index (χ0n) is 78.7. The quantitative estimate of drug-likeness (QED) is 0.0419. The summed E-state index contributed by atoms with van der Waals surface area (Å²) in [7, 11) is 4.92. The fourth-order valence-electron chi connectivity index (χ4n) is 20.7. The number of likely N-dealkylation sites (N-methyl/N-ethyl adjacent to an activating group) is 1. The van der Waals surface area contributed by atoms with Crippen molar-refractivity contribution in [2.45, 2.75) is 173 Å². The van der Waals surface area contributed by atoms with Crippen LogP contribution in [0.5, 0.6) is 17.2 Å². The zero-order chi connectivity index (χ0) is 98.2. The molecule has 728 valence electrons. The molecular weight excluding hydrogens is 1820 g/mol. The van der Waals surface area contributed by atoms with Crippen molar-refractivity contribution in [3.05, 3.63) is 193 Å². The van der Waals surface area contributed by atoms with Crippen LogP contribution in [0, 0.1) is 27.7 Å². The average molecular weight is 1930 g/mol. The maximum atomic E-state index is 13.5. The van der Waals surface area contributed by atoms with Gasteiger partial charge in [0.2, 0.25) is 11.5 Å². The van der Waals surface area contributed by atoms with Gasteiger partial charge in [-0.2, -0.15) is 0 Å². The molecule has 0 bridgehead atoms. The van der Waals surface area contributed by atoms with E-state index in [0.717, 1.165) is 116 Å². The number of pyridine rings is 5. The second kappa shape index (κ2) is 39.6. The summed E-state index contributed by atoms with van der Waals surface area (Å²) in [5, 5.41) is 27.8. The molecule has 46 heteroatoms. The number of piperidine rings is 4. The monoisotopic (exact) mass is 1930 g/mol. The van der Waals surface area contributed by atoms with Gasteiger partial charge in [0.05, 0.1) is 37.6 Å². The number of amides is 4.